The molecule has 0 aliphatic heterocycles. The highest BCUT2D eigenvalue weighted by Crippen LogP contribution is 2.31. The number of hydrogen-bond donors (Lipinski definition) is 1. The van der Waals surface area contributed by atoms with Crippen molar-refractivity contribution in [1.29, 1.82) is 0 Å². The Morgan fingerprint density at radius 3 is 2.44 bits per heavy atom. The number of hydrogen-bond acceptors (Lipinski definition) is 6. The summed E-state index contributed by atoms with van der Waals surface area (Å²) in [6, 6.07) is 7.77. The van der Waals surface area contributed by atoms with E-state index in [-0.39, 0.29) is 11.1 Å². The Hall–Kier alpha value is -2.54. The van der Waals surface area contributed by atoms with E-state index in [1.54, 1.807) is 18.3 Å². The van der Waals surface area contributed by atoms with Crippen molar-refractivity contribution in [3.05, 3.63) is 41.0 Å². The molecule has 1 aromatic carbocycles. The van der Waals surface area contributed by atoms with E-state index in [9.17, 15) is 4.79 Å². The average molecular weight is 356 g/mol. The molecule has 0 amide bonds. The summed E-state index contributed by atoms with van der Waals surface area (Å²) in [6.45, 7) is 8.50. The molecule has 2 aromatic heterocycles. The quantitative estimate of drug-likeness (QED) is 0.713. The van der Waals surface area contributed by atoms with Crippen molar-refractivity contribution in [3.8, 4) is 21.8 Å². The van der Waals surface area contributed by atoms with Gasteiger partial charge >= 0.3 is 5.97 Å². The third-order valence-electron chi connectivity index (χ3n) is 3.69. The highest BCUT2D eigenvalue weighted by molar-refractivity contribution is 7.13. The van der Waals surface area contributed by atoms with E-state index in [1.807, 2.05) is 24.3 Å². The number of benzene rings is 1. The van der Waals surface area contributed by atoms with Crippen LogP contribution in [0, 0.1) is 0 Å². The summed E-state index contributed by atoms with van der Waals surface area (Å²) in [5.41, 5.74) is 3.62. The Balaban J connectivity index is 1.88. The van der Waals surface area contributed by atoms with E-state index < -0.39 is 5.97 Å². The lowest BCUT2D eigenvalue weighted by molar-refractivity contribution is 0.0520. The van der Waals surface area contributed by atoms with Crippen molar-refractivity contribution in [2.75, 3.05) is 6.61 Å². The number of nitrogens with zero attached hydrogens (tertiary/aromatic N) is 3. The molecule has 0 fully saturated rings. The predicted octanol–water partition coefficient (Wildman–Crippen LogP) is 4.07. The molecular weight excluding hydrogens is 336 g/mol. The number of carbonyl (C=O) groups excluding carboxylic acids is 1. The van der Waals surface area contributed by atoms with Crippen LogP contribution in [0.1, 0.15) is 43.9 Å². The van der Waals surface area contributed by atoms with Crippen LogP contribution in [0.15, 0.2) is 29.6 Å². The van der Waals surface area contributed by atoms with Gasteiger partial charge in [-0.1, -0.05) is 45.0 Å². The molecule has 1 N–H and O–H groups in total. The fraction of sp³-hybridized carbons (Fsp3) is 0.333. The summed E-state index contributed by atoms with van der Waals surface area (Å²) < 4.78 is 5.01. The van der Waals surface area contributed by atoms with E-state index in [1.165, 1.54) is 0 Å². The fourth-order valence-electron chi connectivity index (χ4n) is 2.30. The first kappa shape index (κ1) is 17.3. The van der Waals surface area contributed by atoms with Crippen molar-refractivity contribution >= 4 is 17.3 Å². The Bertz CT molecular complexity index is 875. The average Bonchev–Trinajstić information content (AvgIpc) is 3.24. The van der Waals surface area contributed by atoms with E-state index in [2.05, 4.69) is 41.6 Å². The first-order valence-electron chi connectivity index (χ1n) is 8.05. The molecule has 0 radical (unpaired) electrons. The molecule has 0 atom stereocenters. The van der Waals surface area contributed by atoms with Gasteiger partial charge in [-0.05, 0) is 6.92 Å². The molecule has 3 rings (SSSR count). The van der Waals surface area contributed by atoms with Crippen LogP contribution in [-0.4, -0.2) is 33.0 Å². The van der Waals surface area contributed by atoms with Crippen molar-refractivity contribution < 1.29 is 9.53 Å². The van der Waals surface area contributed by atoms with Gasteiger partial charge in [-0.15, -0.1) is 16.4 Å². The van der Waals surface area contributed by atoms with Gasteiger partial charge in [0.25, 0.3) is 0 Å². The van der Waals surface area contributed by atoms with Crippen LogP contribution in [0.4, 0.5) is 0 Å². The molecule has 0 spiro atoms. The molecule has 0 unspecified atom stereocenters. The molecule has 2 heterocycles. The number of thiazole rings is 1. The van der Waals surface area contributed by atoms with Gasteiger partial charge in [-0.25, -0.2) is 9.78 Å². The lowest BCUT2D eigenvalue weighted by Gasteiger charge is -2.14. The van der Waals surface area contributed by atoms with Crippen molar-refractivity contribution in [2.45, 2.75) is 33.1 Å². The van der Waals surface area contributed by atoms with Crippen LogP contribution < -0.4 is 0 Å². The predicted molar refractivity (Wildman–Crippen MR) is 97.6 cm³/mol. The van der Waals surface area contributed by atoms with Gasteiger partial charge < -0.3 is 4.74 Å². The Kier molecular flexibility index (Phi) is 4.67. The standard InChI is InChI=1S/C18H20N4O2S/c1-5-24-17(23)15-14(20-22-21-15)11-6-8-12(9-7-11)16-19-13(10-25-16)18(2,3)4/h6-10H,5H2,1-4H3,(H,20,21,22). The lowest BCUT2D eigenvalue weighted by Crippen LogP contribution is -2.11. The molecule has 7 heteroatoms. The summed E-state index contributed by atoms with van der Waals surface area (Å²) in [6.07, 6.45) is 0. The number of ether oxygens (including phenoxy) is 1. The van der Waals surface area contributed by atoms with Gasteiger partial charge in [-0.2, -0.15) is 10.3 Å². The van der Waals surface area contributed by atoms with Gasteiger partial charge in [0.2, 0.25) is 0 Å². The van der Waals surface area contributed by atoms with Gasteiger partial charge in [-0.3, -0.25) is 0 Å². The molecule has 130 valence electrons. The second-order valence-electron chi connectivity index (χ2n) is 6.61. The summed E-state index contributed by atoms with van der Waals surface area (Å²) in [7, 11) is 0. The fourth-order valence-corrected chi connectivity index (χ4v) is 3.35. The Morgan fingerprint density at radius 1 is 1.16 bits per heavy atom. The van der Waals surface area contributed by atoms with Crippen LogP contribution in [0.25, 0.3) is 21.8 Å². The van der Waals surface area contributed by atoms with Crippen LogP contribution in [0.5, 0.6) is 0 Å². The number of aromatic amines is 1. The second-order valence-corrected chi connectivity index (χ2v) is 7.46. The van der Waals surface area contributed by atoms with Crippen LogP contribution in [0.2, 0.25) is 0 Å². The summed E-state index contributed by atoms with van der Waals surface area (Å²) >= 11 is 1.63. The highest BCUT2D eigenvalue weighted by Gasteiger charge is 2.20. The van der Waals surface area contributed by atoms with Crippen molar-refractivity contribution in [3.63, 3.8) is 0 Å². The van der Waals surface area contributed by atoms with Crippen molar-refractivity contribution in [1.82, 2.24) is 20.4 Å². The van der Waals surface area contributed by atoms with E-state index in [0.29, 0.717) is 12.3 Å². The Morgan fingerprint density at radius 2 is 1.84 bits per heavy atom. The number of esters is 1. The maximum absolute atomic E-state index is 11.9. The summed E-state index contributed by atoms with van der Waals surface area (Å²) in [5, 5.41) is 13.5. The number of nitrogens with one attached hydrogen (secondary N) is 1. The number of H-pyrrole nitrogens is 1. The minimum Gasteiger partial charge on any atom is -0.461 e. The molecule has 0 bridgehead atoms. The molecule has 0 saturated carbocycles. The van der Waals surface area contributed by atoms with Gasteiger partial charge in [0.1, 0.15) is 10.7 Å². The smallest absolute Gasteiger partial charge is 0.361 e. The maximum Gasteiger partial charge on any atom is 0.361 e. The maximum atomic E-state index is 11.9. The highest BCUT2D eigenvalue weighted by atomic mass is 32.1. The topological polar surface area (TPSA) is 80.8 Å². The molecular formula is C18H20N4O2S. The van der Waals surface area contributed by atoms with Gasteiger partial charge in [0.15, 0.2) is 5.69 Å². The molecule has 0 aliphatic rings. The molecule has 0 aliphatic carbocycles. The first-order valence-corrected chi connectivity index (χ1v) is 8.93. The van der Waals surface area contributed by atoms with Gasteiger partial charge in [0.05, 0.1) is 12.3 Å². The Labute approximate surface area is 150 Å². The third-order valence-corrected chi connectivity index (χ3v) is 4.59. The van der Waals surface area contributed by atoms with Crippen LogP contribution in [0.3, 0.4) is 0 Å². The van der Waals surface area contributed by atoms with E-state index >= 15 is 0 Å². The second kappa shape index (κ2) is 6.76. The molecule has 3 aromatic rings. The zero-order chi connectivity index (χ0) is 18.0. The summed E-state index contributed by atoms with van der Waals surface area (Å²) in [5.74, 6) is -0.481. The lowest BCUT2D eigenvalue weighted by atomic mass is 9.93. The van der Waals surface area contributed by atoms with Crippen LogP contribution in [-0.2, 0) is 10.2 Å². The monoisotopic (exact) mass is 356 g/mol. The summed E-state index contributed by atoms with van der Waals surface area (Å²) in [4.78, 5) is 16.7. The number of aromatic nitrogens is 4. The third kappa shape index (κ3) is 3.61. The minimum atomic E-state index is -0.481. The largest absolute Gasteiger partial charge is 0.461 e. The van der Waals surface area contributed by atoms with E-state index in [0.717, 1.165) is 21.8 Å². The number of carbonyl (C=O) groups is 1. The first-order chi connectivity index (χ1) is 11.9. The molecule has 6 nitrogen and oxygen atoms in total. The normalized spacial score (nSPS) is 11.5. The molecule has 25 heavy (non-hydrogen) atoms. The van der Waals surface area contributed by atoms with Crippen molar-refractivity contribution in [2.24, 2.45) is 0 Å². The molecule has 0 saturated heterocycles. The zero-order valence-corrected chi connectivity index (χ0v) is 15.5. The number of rotatable bonds is 4. The SMILES string of the molecule is CCOC(=O)c1n[nH]nc1-c1ccc(-c2nc(C(C)(C)C)cs2)cc1. The van der Waals surface area contributed by atoms with E-state index in [4.69, 9.17) is 9.72 Å². The van der Waals surface area contributed by atoms with Gasteiger partial charge in [0, 0.05) is 21.9 Å². The minimum absolute atomic E-state index is 0.0317. The zero-order valence-electron chi connectivity index (χ0n) is 14.7. The van der Waals surface area contributed by atoms with Crippen LogP contribution >= 0.6 is 11.3 Å².